The Bertz CT molecular complexity index is 592. The van der Waals surface area contributed by atoms with Gasteiger partial charge in [0, 0.05) is 10.6 Å². The maximum atomic E-state index is 13.5. The third-order valence-electron chi connectivity index (χ3n) is 2.70. The van der Waals surface area contributed by atoms with Crippen LogP contribution in [0.1, 0.15) is 11.1 Å². The Morgan fingerprint density at radius 2 is 1.80 bits per heavy atom. The van der Waals surface area contributed by atoms with E-state index in [0.717, 1.165) is 5.56 Å². The van der Waals surface area contributed by atoms with Crippen molar-refractivity contribution in [1.29, 1.82) is 0 Å². The quantitative estimate of drug-likeness (QED) is 0.781. The lowest BCUT2D eigenvalue weighted by Gasteiger charge is -2.07. The van der Waals surface area contributed by atoms with E-state index in [1.54, 1.807) is 30.3 Å². The molecule has 20 heavy (non-hydrogen) atoms. The van der Waals surface area contributed by atoms with Crippen molar-refractivity contribution in [1.82, 2.24) is 0 Å². The van der Waals surface area contributed by atoms with Crippen LogP contribution < -0.4 is 0 Å². The lowest BCUT2D eigenvalue weighted by Crippen LogP contribution is -2.09. The fraction of sp³-hybridized carbons (Fsp3) is 0.133. The monoisotopic (exact) mass is 312 g/mol. The average molecular weight is 313 g/mol. The molecule has 5 heteroatoms. The Kier molecular flexibility index (Phi) is 4.99. The summed E-state index contributed by atoms with van der Waals surface area (Å²) < 4.78 is 18.5. The van der Waals surface area contributed by atoms with Crippen molar-refractivity contribution in [2.24, 2.45) is 0 Å². The third kappa shape index (κ3) is 3.95. The van der Waals surface area contributed by atoms with Crippen LogP contribution in [0.2, 0.25) is 10.0 Å². The van der Waals surface area contributed by atoms with Gasteiger partial charge in [0.1, 0.15) is 12.4 Å². The Morgan fingerprint density at radius 1 is 1.10 bits per heavy atom. The second kappa shape index (κ2) is 6.73. The van der Waals surface area contributed by atoms with E-state index < -0.39 is 11.8 Å². The van der Waals surface area contributed by atoms with Gasteiger partial charge in [0.25, 0.3) is 0 Å². The van der Waals surface area contributed by atoms with Gasteiger partial charge >= 0.3 is 5.97 Å². The molecular formula is C15H11Cl2FO2. The average Bonchev–Trinajstić information content (AvgIpc) is 2.41. The topological polar surface area (TPSA) is 26.3 Å². The minimum Gasteiger partial charge on any atom is -0.460 e. The van der Waals surface area contributed by atoms with Gasteiger partial charge in [-0.1, -0.05) is 41.4 Å². The summed E-state index contributed by atoms with van der Waals surface area (Å²) in [6.07, 6.45) is 0.100. The number of ether oxygens (including phenoxy) is 1. The zero-order chi connectivity index (χ0) is 14.5. The lowest BCUT2D eigenvalue weighted by atomic mass is 10.1. The smallest absolute Gasteiger partial charge is 0.310 e. The summed E-state index contributed by atoms with van der Waals surface area (Å²) in [6.45, 7) is -0.183. The largest absolute Gasteiger partial charge is 0.460 e. The molecule has 0 radical (unpaired) electrons. The van der Waals surface area contributed by atoms with Gasteiger partial charge in [0.05, 0.1) is 11.4 Å². The van der Waals surface area contributed by atoms with E-state index in [0.29, 0.717) is 5.02 Å². The van der Waals surface area contributed by atoms with Gasteiger partial charge in [0.15, 0.2) is 0 Å². The zero-order valence-corrected chi connectivity index (χ0v) is 11.9. The van der Waals surface area contributed by atoms with Gasteiger partial charge in [-0.2, -0.15) is 0 Å². The molecule has 0 fully saturated rings. The molecule has 2 nitrogen and oxygen atoms in total. The molecule has 0 saturated heterocycles. The van der Waals surface area contributed by atoms with E-state index in [-0.39, 0.29) is 23.6 Å². The van der Waals surface area contributed by atoms with Crippen molar-refractivity contribution in [3.05, 3.63) is 69.5 Å². The van der Waals surface area contributed by atoms with Crippen molar-refractivity contribution >= 4 is 29.2 Å². The molecule has 104 valence electrons. The Balaban J connectivity index is 1.94. The molecule has 2 aromatic carbocycles. The van der Waals surface area contributed by atoms with Crippen molar-refractivity contribution in [3.8, 4) is 0 Å². The van der Waals surface area contributed by atoms with Crippen LogP contribution in [0.3, 0.4) is 0 Å². The number of halogens is 3. The number of carbonyl (C=O) groups is 1. The Hall–Kier alpha value is -1.58. The van der Waals surface area contributed by atoms with Crippen LogP contribution in [0, 0.1) is 5.82 Å². The van der Waals surface area contributed by atoms with Gasteiger partial charge in [0.2, 0.25) is 0 Å². The molecule has 2 rings (SSSR count). The molecule has 0 spiro atoms. The van der Waals surface area contributed by atoms with E-state index in [4.69, 9.17) is 27.9 Å². The summed E-state index contributed by atoms with van der Waals surface area (Å²) in [6, 6.07) is 11.2. The molecule has 0 unspecified atom stereocenters. The normalized spacial score (nSPS) is 10.3. The molecule has 0 saturated carbocycles. The number of esters is 1. The van der Waals surface area contributed by atoms with Crippen molar-refractivity contribution < 1.29 is 13.9 Å². The van der Waals surface area contributed by atoms with E-state index >= 15 is 0 Å². The predicted octanol–water partition coefficient (Wildman–Crippen LogP) is 4.42. The van der Waals surface area contributed by atoms with E-state index in [1.165, 1.54) is 12.1 Å². The highest BCUT2D eigenvalue weighted by Crippen LogP contribution is 2.20. The van der Waals surface area contributed by atoms with Crippen molar-refractivity contribution in [3.63, 3.8) is 0 Å². The summed E-state index contributed by atoms with van der Waals surface area (Å²) in [5.41, 5.74) is 0.956. The fourth-order valence-electron chi connectivity index (χ4n) is 1.64. The highest BCUT2D eigenvalue weighted by Gasteiger charge is 2.10. The van der Waals surface area contributed by atoms with Crippen LogP contribution in [0.15, 0.2) is 42.5 Å². The van der Waals surface area contributed by atoms with Crippen LogP contribution in [0.25, 0.3) is 0 Å². The first-order valence-corrected chi connectivity index (χ1v) is 6.65. The van der Waals surface area contributed by atoms with Crippen LogP contribution in [0.4, 0.5) is 4.39 Å². The molecule has 0 aliphatic heterocycles. The number of hydrogen-bond donors (Lipinski definition) is 0. The number of hydrogen-bond acceptors (Lipinski definition) is 2. The summed E-state index contributed by atoms with van der Waals surface area (Å²) in [4.78, 5) is 11.7. The van der Waals surface area contributed by atoms with Crippen LogP contribution >= 0.6 is 23.2 Å². The minimum atomic E-state index is -0.489. The standard InChI is InChI=1S/C15H11Cl2FO2/c16-11-6-4-10(5-7-11)8-15(19)20-9-12-13(17)2-1-3-14(12)18/h1-7H,8-9H2. The van der Waals surface area contributed by atoms with Crippen LogP contribution in [-0.2, 0) is 22.6 Å². The molecule has 0 atom stereocenters. The van der Waals surface area contributed by atoms with Gasteiger partial charge < -0.3 is 4.74 Å². The molecule has 0 aromatic heterocycles. The third-order valence-corrected chi connectivity index (χ3v) is 3.31. The molecule has 0 N–H and O–H groups in total. The van der Waals surface area contributed by atoms with Gasteiger partial charge in [-0.3, -0.25) is 4.79 Å². The molecule has 0 aliphatic carbocycles. The van der Waals surface area contributed by atoms with Gasteiger partial charge in [-0.25, -0.2) is 4.39 Å². The zero-order valence-electron chi connectivity index (χ0n) is 10.4. The number of benzene rings is 2. The lowest BCUT2D eigenvalue weighted by molar-refractivity contribution is -0.144. The molecule has 0 bridgehead atoms. The highest BCUT2D eigenvalue weighted by atomic mass is 35.5. The fourth-order valence-corrected chi connectivity index (χ4v) is 1.99. The summed E-state index contributed by atoms with van der Waals surface area (Å²) in [5.74, 6) is -0.941. The molecular weight excluding hydrogens is 302 g/mol. The SMILES string of the molecule is O=C(Cc1ccc(Cl)cc1)OCc1c(F)cccc1Cl. The minimum absolute atomic E-state index is 0.100. The van der Waals surface area contributed by atoms with E-state index in [1.807, 2.05) is 0 Å². The predicted molar refractivity (Wildman–Crippen MR) is 76.4 cm³/mol. The van der Waals surface area contributed by atoms with Crippen molar-refractivity contribution in [2.75, 3.05) is 0 Å². The summed E-state index contributed by atoms with van der Waals surface area (Å²) in [7, 11) is 0. The molecule has 0 heterocycles. The van der Waals surface area contributed by atoms with Crippen molar-refractivity contribution in [2.45, 2.75) is 13.0 Å². The van der Waals surface area contributed by atoms with E-state index in [9.17, 15) is 9.18 Å². The summed E-state index contributed by atoms with van der Waals surface area (Å²) in [5, 5.41) is 0.838. The van der Waals surface area contributed by atoms with Gasteiger partial charge in [-0.15, -0.1) is 0 Å². The highest BCUT2D eigenvalue weighted by molar-refractivity contribution is 6.31. The van der Waals surface area contributed by atoms with E-state index in [2.05, 4.69) is 0 Å². The first kappa shape index (κ1) is 14.8. The first-order valence-electron chi connectivity index (χ1n) is 5.89. The summed E-state index contributed by atoms with van der Waals surface area (Å²) >= 11 is 11.6. The maximum absolute atomic E-state index is 13.5. The van der Waals surface area contributed by atoms with Crippen LogP contribution in [-0.4, -0.2) is 5.97 Å². The second-order valence-electron chi connectivity index (χ2n) is 4.16. The first-order chi connectivity index (χ1) is 9.56. The Morgan fingerprint density at radius 3 is 2.45 bits per heavy atom. The second-order valence-corrected chi connectivity index (χ2v) is 5.01. The Labute approximate surface area is 126 Å². The molecule has 0 amide bonds. The van der Waals surface area contributed by atoms with Gasteiger partial charge in [-0.05, 0) is 29.8 Å². The molecule has 0 aliphatic rings. The van der Waals surface area contributed by atoms with Crippen LogP contribution in [0.5, 0.6) is 0 Å². The maximum Gasteiger partial charge on any atom is 0.310 e. The molecule has 2 aromatic rings. The number of carbonyl (C=O) groups excluding carboxylic acids is 1. The number of rotatable bonds is 4.